The normalized spacial score (nSPS) is 10.2. The number of carbonyl (C=O) groups excluding carboxylic acids is 1. The molecular formula is C17H18FNO2. The van der Waals surface area contributed by atoms with Crippen molar-refractivity contribution in [1.82, 2.24) is 5.32 Å². The van der Waals surface area contributed by atoms with Crippen LogP contribution in [0.4, 0.5) is 4.39 Å². The van der Waals surface area contributed by atoms with E-state index < -0.39 is 5.82 Å². The van der Waals surface area contributed by atoms with Gasteiger partial charge in [-0.05, 0) is 42.3 Å². The quantitative estimate of drug-likeness (QED) is 0.882. The van der Waals surface area contributed by atoms with Crippen LogP contribution in [0.15, 0.2) is 48.5 Å². The Labute approximate surface area is 123 Å². The molecule has 0 atom stereocenters. The molecule has 0 aliphatic heterocycles. The monoisotopic (exact) mass is 287 g/mol. The Morgan fingerprint density at radius 1 is 1.19 bits per heavy atom. The fourth-order valence-corrected chi connectivity index (χ4v) is 1.84. The van der Waals surface area contributed by atoms with Gasteiger partial charge in [-0.2, -0.15) is 0 Å². The highest BCUT2D eigenvalue weighted by Crippen LogP contribution is 2.12. The zero-order valence-electron chi connectivity index (χ0n) is 11.9. The van der Waals surface area contributed by atoms with E-state index in [2.05, 4.69) is 12.2 Å². The zero-order valence-corrected chi connectivity index (χ0v) is 11.9. The maximum Gasteiger partial charge on any atom is 0.251 e. The molecule has 2 aromatic carbocycles. The van der Waals surface area contributed by atoms with Crippen molar-refractivity contribution in [3.8, 4) is 5.75 Å². The van der Waals surface area contributed by atoms with E-state index in [1.165, 1.54) is 18.2 Å². The molecule has 0 saturated heterocycles. The first-order valence-corrected chi connectivity index (χ1v) is 6.94. The minimum absolute atomic E-state index is 0.291. The lowest BCUT2D eigenvalue weighted by Crippen LogP contribution is -2.22. The van der Waals surface area contributed by atoms with E-state index in [0.29, 0.717) is 18.7 Å². The fourth-order valence-electron chi connectivity index (χ4n) is 1.84. The first kappa shape index (κ1) is 15.0. The molecular weight excluding hydrogens is 269 g/mol. The van der Waals surface area contributed by atoms with Gasteiger partial charge in [0.15, 0.2) is 0 Å². The molecule has 1 amide bonds. The number of ether oxygens (including phenoxy) is 1. The van der Waals surface area contributed by atoms with Crippen molar-refractivity contribution >= 4 is 5.91 Å². The Bertz CT molecular complexity index is 596. The molecule has 0 aliphatic rings. The second-order valence-corrected chi connectivity index (χ2v) is 4.69. The molecule has 0 bridgehead atoms. The van der Waals surface area contributed by atoms with Crippen molar-refractivity contribution in [2.24, 2.45) is 0 Å². The molecule has 0 unspecified atom stereocenters. The van der Waals surface area contributed by atoms with Crippen LogP contribution in [0.25, 0.3) is 0 Å². The third-order valence-electron chi connectivity index (χ3n) is 2.94. The van der Waals surface area contributed by atoms with Gasteiger partial charge in [0, 0.05) is 12.1 Å². The molecule has 21 heavy (non-hydrogen) atoms. The first-order valence-electron chi connectivity index (χ1n) is 6.94. The fraction of sp³-hybridized carbons (Fsp3) is 0.235. The first-order chi connectivity index (χ1) is 10.2. The van der Waals surface area contributed by atoms with Gasteiger partial charge >= 0.3 is 0 Å². The maximum absolute atomic E-state index is 13.0. The second-order valence-electron chi connectivity index (χ2n) is 4.69. The summed E-state index contributed by atoms with van der Waals surface area (Å²) in [6.45, 7) is 3.13. The number of benzene rings is 2. The topological polar surface area (TPSA) is 38.3 Å². The highest BCUT2D eigenvalue weighted by atomic mass is 19.1. The van der Waals surface area contributed by atoms with Crippen LogP contribution in [0.2, 0.25) is 0 Å². The summed E-state index contributed by atoms with van der Waals surface area (Å²) < 4.78 is 18.5. The second kappa shape index (κ2) is 7.43. The van der Waals surface area contributed by atoms with E-state index in [1.54, 1.807) is 6.07 Å². The lowest BCUT2D eigenvalue weighted by molar-refractivity contribution is 0.0950. The zero-order chi connectivity index (χ0) is 15.1. The number of rotatable bonds is 6. The van der Waals surface area contributed by atoms with Gasteiger partial charge in [0.25, 0.3) is 5.91 Å². The average Bonchev–Trinajstić information content (AvgIpc) is 2.51. The number of halogens is 1. The van der Waals surface area contributed by atoms with Crippen molar-refractivity contribution in [2.75, 3.05) is 6.61 Å². The minimum atomic E-state index is -0.417. The molecule has 0 saturated carbocycles. The van der Waals surface area contributed by atoms with Gasteiger partial charge in [0.05, 0.1) is 6.61 Å². The van der Waals surface area contributed by atoms with E-state index >= 15 is 0 Å². The SMILES string of the molecule is CCCOc1ccc(CNC(=O)c2cccc(F)c2)cc1. The van der Waals surface area contributed by atoms with Crippen LogP contribution < -0.4 is 10.1 Å². The van der Waals surface area contributed by atoms with Crippen molar-refractivity contribution in [1.29, 1.82) is 0 Å². The molecule has 2 aromatic rings. The highest BCUT2D eigenvalue weighted by Gasteiger charge is 2.06. The van der Waals surface area contributed by atoms with Crippen LogP contribution in [0.1, 0.15) is 29.3 Å². The molecule has 2 rings (SSSR count). The van der Waals surface area contributed by atoms with E-state index in [-0.39, 0.29) is 5.91 Å². The van der Waals surface area contributed by atoms with E-state index in [9.17, 15) is 9.18 Å². The summed E-state index contributed by atoms with van der Waals surface area (Å²) in [4.78, 5) is 11.9. The molecule has 1 N–H and O–H groups in total. The van der Waals surface area contributed by atoms with Crippen molar-refractivity contribution in [3.05, 3.63) is 65.5 Å². The van der Waals surface area contributed by atoms with Crippen LogP contribution in [0, 0.1) is 5.82 Å². The van der Waals surface area contributed by atoms with Crippen LogP contribution in [-0.4, -0.2) is 12.5 Å². The summed E-state index contributed by atoms with van der Waals surface area (Å²) in [5.74, 6) is 0.109. The maximum atomic E-state index is 13.0. The summed E-state index contributed by atoms with van der Waals surface area (Å²) in [5.41, 5.74) is 1.28. The predicted octanol–water partition coefficient (Wildman–Crippen LogP) is 3.54. The average molecular weight is 287 g/mol. The van der Waals surface area contributed by atoms with Crippen molar-refractivity contribution < 1.29 is 13.9 Å². The number of hydrogen-bond acceptors (Lipinski definition) is 2. The molecule has 0 heterocycles. The van der Waals surface area contributed by atoms with E-state index in [4.69, 9.17) is 4.74 Å². The summed E-state index contributed by atoms with van der Waals surface area (Å²) in [5, 5.41) is 2.76. The number of carbonyl (C=O) groups is 1. The van der Waals surface area contributed by atoms with Crippen molar-refractivity contribution in [2.45, 2.75) is 19.9 Å². The molecule has 4 heteroatoms. The third kappa shape index (κ3) is 4.60. The predicted molar refractivity (Wildman–Crippen MR) is 79.8 cm³/mol. The van der Waals surface area contributed by atoms with Gasteiger partial charge in [0.2, 0.25) is 0 Å². The van der Waals surface area contributed by atoms with Crippen molar-refractivity contribution in [3.63, 3.8) is 0 Å². The Kier molecular flexibility index (Phi) is 5.32. The highest BCUT2D eigenvalue weighted by molar-refractivity contribution is 5.94. The van der Waals surface area contributed by atoms with Crippen LogP contribution in [-0.2, 0) is 6.54 Å². The standard InChI is InChI=1S/C17H18FNO2/c1-2-10-21-16-8-6-13(7-9-16)12-19-17(20)14-4-3-5-15(18)11-14/h3-9,11H,2,10,12H2,1H3,(H,19,20). The number of hydrogen-bond donors (Lipinski definition) is 1. The largest absolute Gasteiger partial charge is 0.494 e. The van der Waals surface area contributed by atoms with Gasteiger partial charge in [-0.25, -0.2) is 4.39 Å². The van der Waals surface area contributed by atoms with Gasteiger partial charge < -0.3 is 10.1 Å². The van der Waals surface area contributed by atoms with Gasteiger partial charge in [-0.1, -0.05) is 25.1 Å². The Hall–Kier alpha value is -2.36. The molecule has 0 spiro atoms. The molecule has 0 fully saturated rings. The van der Waals surface area contributed by atoms with Crippen LogP contribution in [0.5, 0.6) is 5.75 Å². The van der Waals surface area contributed by atoms with Gasteiger partial charge in [0.1, 0.15) is 11.6 Å². The van der Waals surface area contributed by atoms with Gasteiger partial charge in [-0.3, -0.25) is 4.79 Å². The summed E-state index contributed by atoms with van der Waals surface area (Å²) >= 11 is 0. The smallest absolute Gasteiger partial charge is 0.251 e. The Morgan fingerprint density at radius 3 is 2.62 bits per heavy atom. The third-order valence-corrected chi connectivity index (χ3v) is 2.94. The van der Waals surface area contributed by atoms with Crippen LogP contribution >= 0.6 is 0 Å². The summed E-state index contributed by atoms with van der Waals surface area (Å²) in [6, 6.07) is 13.2. The Morgan fingerprint density at radius 2 is 1.95 bits per heavy atom. The lowest BCUT2D eigenvalue weighted by atomic mass is 10.2. The summed E-state index contributed by atoms with van der Waals surface area (Å²) in [6.07, 6.45) is 0.964. The molecule has 0 aliphatic carbocycles. The number of nitrogens with one attached hydrogen (secondary N) is 1. The molecule has 110 valence electrons. The molecule has 0 radical (unpaired) electrons. The van der Waals surface area contributed by atoms with E-state index in [1.807, 2.05) is 24.3 Å². The molecule has 3 nitrogen and oxygen atoms in total. The van der Waals surface area contributed by atoms with Gasteiger partial charge in [-0.15, -0.1) is 0 Å². The number of amides is 1. The lowest BCUT2D eigenvalue weighted by Gasteiger charge is -2.07. The molecule has 0 aromatic heterocycles. The minimum Gasteiger partial charge on any atom is -0.494 e. The Balaban J connectivity index is 1.89. The van der Waals surface area contributed by atoms with E-state index in [0.717, 1.165) is 17.7 Å². The summed E-state index contributed by atoms with van der Waals surface area (Å²) in [7, 11) is 0. The van der Waals surface area contributed by atoms with Crippen LogP contribution in [0.3, 0.4) is 0 Å².